The number of morpholine rings is 1. The molecule has 2 unspecified atom stereocenters. The molecule has 4 heterocycles. The van der Waals surface area contributed by atoms with Crippen LogP contribution in [0.3, 0.4) is 0 Å². The number of nitrogens with zero attached hydrogens (tertiary/aromatic N) is 1. The highest BCUT2D eigenvalue weighted by molar-refractivity contribution is 5.79. The average Bonchev–Trinajstić information content (AvgIpc) is 2.90. The van der Waals surface area contributed by atoms with E-state index in [-0.39, 0.29) is 5.54 Å². The molecule has 0 aliphatic carbocycles. The third kappa shape index (κ3) is 2.08. The van der Waals surface area contributed by atoms with Gasteiger partial charge in [-0.25, -0.2) is 4.98 Å². The van der Waals surface area contributed by atoms with Crippen LogP contribution in [-0.4, -0.2) is 42.3 Å². The molecule has 2 aromatic heterocycles. The smallest absolute Gasteiger partial charge is 0.0974 e. The zero-order valence-corrected chi connectivity index (χ0v) is 12.6. The van der Waals surface area contributed by atoms with Gasteiger partial charge < -0.3 is 15.0 Å². The van der Waals surface area contributed by atoms with Crippen molar-refractivity contribution < 1.29 is 4.74 Å². The Morgan fingerprint density at radius 1 is 1.38 bits per heavy atom. The lowest BCUT2D eigenvalue weighted by molar-refractivity contribution is -0.0220. The summed E-state index contributed by atoms with van der Waals surface area (Å²) < 4.78 is 5.82. The van der Waals surface area contributed by atoms with Gasteiger partial charge >= 0.3 is 0 Å². The molecule has 2 bridgehead atoms. The first kappa shape index (κ1) is 13.2. The van der Waals surface area contributed by atoms with Gasteiger partial charge in [-0.05, 0) is 23.6 Å². The minimum Gasteiger partial charge on any atom is -0.377 e. The maximum absolute atomic E-state index is 5.82. The molecule has 0 radical (unpaired) electrons. The Morgan fingerprint density at radius 3 is 3.14 bits per heavy atom. The molecule has 5 heteroatoms. The number of aromatic amines is 1. The summed E-state index contributed by atoms with van der Waals surface area (Å²) in [6.45, 7) is 7.69. The largest absolute Gasteiger partial charge is 0.377 e. The molecule has 2 fully saturated rings. The Morgan fingerprint density at radius 2 is 2.29 bits per heavy atom. The van der Waals surface area contributed by atoms with Gasteiger partial charge in [0.25, 0.3) is 0 Å². The predicted octanol–water partition coefficient (Wildman–Crippen LogP) is 1.47. The normalized spacial score (nSPS) is 29.2. The van der Waals surface area contributed by atoms with Gasteiger partial charge in [0.15, 0.2) is 0 Å². The maximum atomic E-state index is 5.82. The van der Waals surface area contributed by atoms with Crippen molar-refractivity contribution in [3.8, 4) is 0 Å². The molecule has 3 N–H and O–H groups in total. The number of pyridine rings is 1. The number of nitrogens with one attached hydrogen (secondary N) is 3. The Balaban J connectivity index is 1.80. The molecule has 0 amide bonds. The van der Waals surface area contributed by atoms with Crippen LogP contribution in [-0.2, 0) is 10.3 Å². The summed E-state index contributed by atoms with van der Waals surface area (Å²) in [5, 5.41) is 7.24. The zero-order valence-electron chi connectivity index (χ0n) is 12.6. The Bertz CT molecular complexity index is 653. The number of ether oxygens (including phenoxy) is 1. The van der Waals surface area contributed by atoms with Crippen molar-refractivity contribution in [3.63, 3.8) is 0 Å². The van der Waals surface area contributed by atoms with Crippen molar-refractivity contribution in [2.24, 2.45) is 0 Å². The van der Waals surface area contributed by atoms with E-state index in [9.17, 15) is 0 Å². The number of rotatable bonds is 2. The molecule has 2 aromatic rings. The first-order valence-corrected chi connectivity index (χ1v) is 7.73. The highest BCUT2D eigenvalue weighted by atomic mass is 16.5. The lowest BCUT2D eigenvalue weighted by atomic mass is 9.89. The van der Waals surface area contributed by atoms with Crippen LogP contribution in [0, 0.1) is 0 Å². The van der Waals surface area contributed by atoms with Gasteiger partial charge in [0.2, 0.25) is 0 Å². The van der Waals surface area contributed by atoms with E-state index in [0.717, 1.165) is 36.4 Å². The van der Waals surface area contributed by atoms with E-state index in [1.807, 2.05) is 0 Å². The van der Waals surface area contributed by atoms with E-state index in [1.54, 1.807) is 0 Å². The Kier molecular flexibility index (Phi) is 3.03. The van der Waals surface area contributed by atoms with Crippen LogP contribution >= 0.6 is 0 Å². The number of fused-ring (bicyclic) bond motifs is 3. The molecule has 2 saturated heterocycles. The fourth-order valence-corrected chi connectivity index (χ4v) is 3.49. The highest BCUT2D eigenvalue weighted by Crippen LogP contribution is 2.30. The third-order valence-electron chi connectivity index (χ3n) is 4.63. The maximum Gasteiger partial charge on any atom is 0.0974 e. The molecule has 4 rings (SSSR count). The van der Waals surface area contributed by atoms with E-state index in [1.165, 1.54) is 5.56 Å². The minimum atomic E-state index is -0.194. The molecule has 5 nitrogen and oxygen atoms in total. The van der Waals surface area contributed by atoms with Crippen LogP contribution in [0.5, 0.6) is 0 Å². The minimum absolute atomic E-state index is 0.194. The predicted molar refractivity (Wildman–Crippen MR) is 82.5 cm³/mol. The van der Waals surface area contributed by atoms with Crippen LogP contribution in [0.15, 0.2) is 18.3 Å². The van der Waals surface area contributed by atoms with Crippen molar-refractivity contribution in [3.05, 3.63) is 29.6 Å². The fraction of sp³-hybridized carbons (Fsp3) is 0.562. The van der Waals surface area contributed by atoms with E-state index < -0.39 is 0 Å². The molecule has 2 atom stereocenters. The van der Waals surface area contributed by atoms with Crippen LogP contribution in [0.4, 0.5) is 0 Å². The molecular weight excluding hydrogens is 264 g/mol. The van der Waals surface area contributed by atoms with E-state index in [0.29, 0.717) is 18.6 Å². The molecular formula is C16H22N4O. The fourth-order valence-electron chi connectivity index (χ4n) is 3.49. The number of aromatic nitrogens is 2. The summed E-state index contributed by atoms with van der Waals surface area (Å²) in [5.41, 5.74) is 4.36. The molecule has 21 heavy (non-hydrogen) atoms. The van der Waals surface area contributed by atoms with Crippen molar-refractivity contribution in [1.82, 2.24) is 20.6 Å². The first-order valence-electron chi connectivity index (χ1n) is 7.73. The van der Waals surface area contributed by atoms with Gasteiger partial charge in [0.1, 0.15) is 0 Å². The van der Waals surface area contributed by atoms with Crippen molar-refractivity contribution >= 4 is 11.0 Å². The molecule has 0 saturated carbocycles. The number of H-pyrrole nitrogens is 1. The summed E-state index contributed by atoms with van der Waals surface area (Å²) in [6, 6.07) is 4.63. The second-order valence-electron chi connectivity index (χ2n) is 6.56. The van der Waals surface area contributed by atoms with Crippen molar-refractivity contribution in [1.29, 1.82) is 0 Å². The number of piperazine rings is 1. The zero-order chi connectivity index (χ0) is 14.4. The van der Waals surface area contributed by atoms with E-state index in [4.69, 9.17) is 9.72 Å². The van der Waals surface area contributed by atoms with Gasteiger partial charge in [-0.15, -0.1) is 0 Å². The lowest BCUT2D eigenvalue weighted by Crippen LogP contribution is -2.68. The van der Waals surface area contributed by atoms with Crippen LogP contribution in [0.1, 0.15) is 31.0 Å². The summed E-state index contributed by atoms with van der Waals surface area (Å²) >= 11 is 0. The first-order chi connectivity index (χ1) is 10.2. The van der Waals surface area contributed by atoms with Crippen molar-refractivity contribution in [2.75, 3.05) is 26.3 Å². The standard InChI is InChI=1S/C16H22N4O/c1-10(2)12-6-18-13-3-4-14(19-15(12)13)16-8-17-5-11(20-16)7-21-9-16/h3-4,6,10-11,17-18,20H,5,7-9H2,1-2H3. The molecule has 0 aromatic carbocycles. The Labute approximate surface area is 124 Å². The summed E-state index contributed by atoms with van der Waals surface area (Å²) in [5.74, 6) is 0.465. The van der Waals surface area contributed by atoms with Gasteiger partial charge in [0, 0.05) is 25.3 Å². The van der Waals surface area contributed by atoms with Gasteiger partial charge in [-0.3, -0.25) is 5.32 Å². The van der Waals surface area contributed by atoms with Gasteiger partial charge in [-0.1, -0.05) is 13.8 Å². The number of hydrogen-bond acceptors (Lipinski definition) is 4. The second kappa shape index (κ2) is 4.80. The van der Waals surface area contributed by atoms with Crippen LogP contribution in [0.25, 0.3) is 11.0 Å². The highest BCUT2D eigenvalue weighted by Gasteiger charge is 2.42. The van der Waals surface area contributed by atoms with Gasteiger partial charge in [0.05, 0.1) is 35.5 Å². The molecule has 2 aliphatic heterocycles. The van der Waals surface area contributed by atoms with Gasteiger partial charge in [-0.2, -0.15) is 0 Å². The molecule has 112 valence electrons. The number of hydrogen-bond donors (Lipinski definition) is 3. The quantitative estimate of drug-likeness (QED) is 0.782. The lowest BCUT2D eigenvalue weighted by Gasteiger charge is -2.46. The summed E-state index contributed by atoms with van der Waals surface area (Å²) in [6.07, 6.45) is 2.08. The topological polar surface area (TPSA) is 62.0 Å². The van der Waals surface area contributed by atoms with Crippen LogP contribution < -0.4 is 10.6 Å². The average molecular weight is 286 g/mol. The second-order valence-corrected chi connectivity index (χ2v) is 6.56. The summed E-state index contributed by atoms with van der Waals surface area (Å²) in [4.78, 5) is 8.30. The monoisotopic (exact) mass is 286 g/mol. The van der Waals surface area contributed by atoms with E-state index >= 15 is 0 Å². The SMILES string of the molecule is CC(C)c1c[nH]c2ccc(C34CNCC(COC3)N4)nc12. The Hall–Kier alpha value is -1.43. The van der Waals surface area contributed by atoms with Crippen molar-refractivity contribution in [2.45, 2.75) is 31.3 Å². The van der Waals surface area contributed by atoms with E-state index in [2.05, 4.69) is 47.8 Å². The molecule has 0 spiro atoms. The summed E-state index contributed by atoms with van der Waals surface area (Å²) in [7, 11) is 0. The third-order valence-corrected chi connectivity index (χ3v) is 4.63. The molecule has 2 aliphatic rings. The van der Waals surface area contributed by atoms with Crippen LogP contribution in [0.2, 0.25) is 0 Å².